The zero-order chi connectivity index (χ0) is 20.5. The molecule has 2 N–H and O–H groups in total. The fourth-order valence-corrected chi connectivity index (χ4v) is 3.95. The molecule has 0 atom stereocenters. The molecule has 0 aliphatic rings. The minimum atomic E-state index is -3.74. The van der Waals surface area contributed by atoms with E-state index in [1.807, 2.05) is 32.9 Å². The van der Waals surface area contributed by atoms with Crippen LogP contribution in [0.25, 0.3) is 0 Å². The molecule has 3 rings (SSSR count). The van der Waals surface area contributed by atoms with E-state index in [2.05, 4.69) is 15.1 Å². The molecule has 3 aromatic rings. The summed E-state index contributed by atoms with van der Waals surface area (Å²) in [5.41, 5.74) is 3.92. The molecule has 0 bridgehead atoms. The number of carbonyl (C=O) groups is 1. The molecule has 0 radical (unpaired) electrons. The summed E-state index contributed by atoms with van der Waals surface area (Å²) in [5.74, 6) is -0.324. The molecule has 0 unspecified atom stereocenters. The zero-order valence-corrected chi connectivity index (χ0v) is 17.0. The first kappa shape index (κ1) is 19.6. The minimum absolute atomic E-state index is 0.0843. The summed E-state index contributed by atoms with van der Waals surface area (Å²) in [6.45, 7) is 5.51. The molecular formula is C20H22N4O3S. The van der Waals surface area contributed by atoms with Crippen LogP contribution in [0.2, 0.25) is 0 Å². The van der Waals surface area contributed by atoms with Gasteiger partial charge in [-0.15, -0.1) is 0 Å². The molecular weight excluding hydrogens is 376 g/mol. The SMILES string of the molecule is Cc1ccccc1NS(=O)(=O)c1ccc(C(=O)Nc2c(C)nn(C)c2C)cc1. The third-order valence-electron chi connectivity index (χ3n) is 4.56. The van der Waals surface area contributed by atoms with Crippen LogP contribution < -0.4 is 10.0 Å². The van der Waals surface area contributed by atoms with Crippen molar-refractivity contribution in [3.05, 3.63) is 71.0 Å². The molecule has 8 heteroatoms. The number of rotatable bonds is 5. The lowest BCUT2D eigenvalue weighted by molar-refractivity contribution is 0.102. The molecule has 0 saturated heterocycles. The first-order valence-electron chi connectivity index (χ1n) is 8.69. The number of amides is 1. The molecule has 1 aromatic heterocycles. The van der Waals surface area contributed by atoms with Gasteiger partial charge in [0.1, 0.15) is 0 Å². The van der Waals surface area contributed by atoms with Crippen molar-refractivity contribution in [2.75, 3.05) is 10.0 Å². The number of para-hydroxylation sites is 1. The number of nitrogens with one attached hydrogen (secondary N) is 2. The second kappa shape index (κ2) is 7.47. The van der Waals surface area contributed by atoms with Gasteiger partial charge in [-0.1, -0.05) is 18.2 Å². The first-order valence-corrected chi connectivity index (χ1v) is 10.2. The maximum absolute atomic E-state index is 12.6. The Morgan fingerprint density at radius 3 is 2.21 bits per heavy atom. The third kappa shape index (κ3) is 3.91. The second-order valence-electron chi connectivity index (χ2n) is 6.57. The van der Waals surface area contributed by atoms with Crippen LogP contribution in [0.3, 0.4) is 0 Å². The topological polar surface area (TPSA) is 93.1 Å². The van der Waals surface area contributed by atoms with Crippen molar-refractivity contribution in [1.82, 2.24) is 9.78 Å². The predicted octanol–water partition coefficient (Wildman–Crippen LogP) is 3.40. The maximum Gasteiger partial charge on any atom is 0.261 e. The van der Waals surface area contributed by atoms with Gasteiger partial charge in [0.05, 0.1) is 27.7 Å². The summed E-state index contributed by atoms with van der Waals surface area (Å²) in [7, 11) is -1.94. The van der Waals surface area contributed by atoms with Crippen molar-refractivity contribution in [3.63, 3.8) is 0 Å². The summed E-state index contributed by atoms with van der Waals surface area (Å²) in [6, 6.07) is 12.9. The highest BCUT2D eigenvalue weighted by Crippen LogP contribution is 2.21. The molecule has 0 saturated carbocycles. The predicted molar refractivity (Wildman–Crippen MR) is 109 cm³/mol. The lowest BCUT2D eigenvalue weighted by atomic mass is 10.2. The smallest absolute Gasteiger partial charge is 0.261 e. The van der Waals surface area contributed by atoms with E-state index in [4.69, 9.17) is 0 Å². The van der Waals surface area contributed by atoms with Crippen LogP contribution in [0.15, 0.2) is 53.4 Å². The van der Waals surface area contributed by atoms with Crippen molar-refractivity contribution in [2.45, 2.75) is 25.7 Å². The average molecular weight is 398 g/mol. The quantitative estimate of drug-likeness (QED) is 0.689. The highest BCUT2D eigenvalue weighted by molar-refractivity contribution is 7.92. The van der Waals surface area contributed by atoms with E-state index in [9.17, 15) is 13.2 Å². The van der Waals surface area contributed by atoms with Gasteiger partial charge in [0.2, 0.25) is 0 Å². The number of hydrogen-bond acceptors (Lipinski definition) is 4. The van der Waals surface area contributed by atoms with E-state index in [1.54, 1.807) is 23.9 Å². The molecule has 0 aliphatic carbocycles. The van der Waals surface area contributed by atoms with Gasteiger partial charge in [-0.3, -0.25) is 14.2 Å². The van der Waals surface area contributed by atoms with Gasteiger partial charge in [0.15, 0.2) is 0 Å². The molecule has 0 fully saturated rings. The number of nitrogens with zero attached hydrogens (tertiary/aromatic N) is 2. The monoisotopic (exact) mass is 398 g/mol. The first-order chi connectivity index (χ1) is 13.2. The highest BCUT2D eigenvalue weighted by Gasteiger charge is 2.17. The van der Waals surface area contributed by atoms with Crippen LogP contribution in [0.1, 0.15) is 27.3 Å². The fraction of sp³-hybridized carbons (Fsp3) is 0.200. The molecule has 1 heterocycles. The van der Waals surface area contributed by atoms with Crippen LogP contribution in [0.5, 0.6) is 0 Å². The van der Waals surface area contributed by atoms with Crippen LogP contribution in [-0.2, 0) is 17.1 Å². The summed E-state index contributed by atoms with van der Waals surface area (Å²) >= 11 is 0. The number of anilines is 2. The number of hydrogen-bond donors (Lipinski definition) is 2. The number of aryl methyl sites for hydroxylation is 3. The van der Waals surface area contributed by atoms with Gasteiger partial charge in [0.25, 0.3) is 15.9 Å². The molecule has 28 heavy (non-hydrogen) atoms. The maximum atomic E-state index is 12.6. The lowest BCUT2D eigenvalue weighted by Gasteiger charge is -2.11. The number of benzene rings is 2. The van der Waals surface area contributed by atoms with Gasteiger partial charge < -0.3 is 5.32 Å². The normalized spacial score (nSPS) is 11.3. The summed E-state index contributed by atoms with van der Waals surface area (Å²) in [6.07, 6.45) is 0. The van der Waals surface area contributed by atoms with Crippen molar-refractivity contribution < 1.29 is 13.2 Å². The molecule has 146 valence electrons. The Morgan fingerprint density at radius 1 is 1.00 bits per heavy atom. The van der Waals surface area contributed by atoms with E-state index >= 15 is 0 Å². The number of sulfonamides is 1. The summed E-state index contributed by atoms with van der Waals surface area (Å²) < 4.78 is 29.5. The second-order valence-corrected chi connectivity index (χ2v) is 8.25. The van der Waals surface area contributed by atoms with E-state index in [-0.39, 0.29) is 10.8 Å². The van der Waals surface area contributed by atoms with Crippen molar-refractivity contribution in [1.29, 1.82) is 0 Å². The Hall–Kier alpha value is -3.13. The lowest BCUT2D eigenvalue weighted by Crippen LogP contribution is -2.15. The van der Waals surface area contributed by atoms with Crippen LogP contribution in [-0.4, -0.2) is 24.1 Å². The fourth-order valence-electron chi connectivity index (χ4n) is 2.82. The Morgan fingerprint density at radius 2 is 1.64 bits per heavy atom. The van der Waals surface area contributed by atoms with E-state index in [0.29, 0.717) is 16.9 Å². The van der Waals surface area contributed by atoms with Gasteiger partial charge >= 0.3 is 0 Å². The minimum Gasteiger partial charge on any atom is -0.319 e. The molecule has 7 nitrogen and oxygen atoms in total. The van der Waals surface area contributed by atoms with Crippen molar-refractivity contribution in [2.24, 2.45) is 7.05 Å². The zero-order valence-electron chi connectivity index (χ0n) is 16.1. The third-order valence-corrected chi connectivity index (χ3v) is 5.95. The van der Waals surface area contributed by atoms with Gasteiger partial charge in [-0.25, -0.2) is 8.42 Å². The average Bonchev–Trinajstić information content (AvgIpc) is 2.89. The van der Waals surface area contributed by atoms with E-state index in [1.165, 1.54) is 24.3 Å². The van der Waals surface area contributed by atoms with Crippen molar-refractivity contribution >= 4 is 27.3 Å². The Labute approximate surface area is 164 Å². The van der Waals surface area contributed by atoms with Gasteiger partial charge in [-0.05, 0) is 56.7 Å². The van der Waals surface area contributed by atoms with E-state index < -0.39 is 10.0 Å². The molecule has 1 amide bonds. The van der Waals surface area contributed by atoms with Gasteiger partial charge in [-0.2, -0.15) is 5.10 Å². The summed E-state index contributed by atoms with van der Waals surface area (Å²) in [5, 5.41) is 7.10. The van der Waals surface area contributed by atoms with E-state index in [0.717, 1.165) is 17.0 Å². The number of aromatic nitrogens is 2. The molecule has 0 spiro atoms. The van der Waals surface area contributed by atoms with Crippen molar-refractivity contribution in [3.8, 4) is 0 Å². The molecule has 2 aromatic carbocycles. The van der Waals surface area contributed by atoms with Crippen LogP contribution >= 0.6 is 0 Å². The Kier molecular flexibility index (Phi) is 5.24. The van der Waals surface area contributed by atoms with Crippen LogP contribution in [0.4, 0.5) is 11.4 Å². The standard InChI is InChI=1S/C20H22N4O3S/c1-13-7-5-6-8-18(13)23-28(26,27)17-11-9-16(10-12-17)20(25)21-19-14(2)22-24(4)15(19)3/h5-12,23H,1-4H3,(H,21,25). The summed E-state index contributed by atoms with van der Waals surface area (Å²) in [4.78, 5) is 12.6. The van der Waals surface area contributed by atoms with Crippen LogP contribution in [0, 0.1) is 20.8 Å². The Bertz CT molecular complexity index is 1130. The Balaban J connectivity index is 1.79. The number of carbonyl (C=O) groups excluding carboxylic acids is 1. The largest absolute Gasteiger partial charge is 0.319 e. The highest BCUT2D eigenvalue weighted by atomic mass is 32.2. The molecule has 0 aliphatic heterocycles. The van der Waals surface area contributed by atoms with Gasteiger partial charge in [0, 0.05) is 12.6 Å².